The minimum atomic E-state index is -0.235. The summed E-state index contributed by atoms with van der Waals surface area (Å²) in [7, 11) is 0. The molecule has 3 nitrogen and oxygen atoms in total. The number of hydrogen-bond acceptors (Lipinski definition) is 2. The van der Waals surface area contributed by atoms with Gasteiger partial charge in [0.1, 0.15) is 6.04 Å². The van der Waals surface area contributed by atoms with Crippen LogP contribution in [0.1, 0.15) is 27.2 Å². The molecule has 64 valence electrons. The monoisotopic (exact) mass is 156 g/mol. The Morgan fingerprint density at radius 2 is 2.27 bits per heavy atom. The van der Waals surface area contributed by atoms with Gasteiger partial charge < -0.3 is 10.6 Å². The maximum Gasteiger partial charge on any atom is 0.241 e. The van der Waals surface area contributed by atoms with Crippen LogP contribution in [0, 0.1) is 0 Å². The molecule has 1 heterocycles. The van der Waals surface area contributed by atoms with Crippen molar-refractivity contribution in [2.45, 2.75) is 38.8 Å². The zero-order valence-corrected chi connectivity index (χ0v) is 7.42. The lowest BCUT2D eigenvalue weighted by molar-refractivity contribution is -0.150. The van der Waals surface area contributed by atoms with Gasteiger partial charge >= 0.3 is 0 Å². The van der Waals surface area contributed by atoms with E-state index in [4.69, 9.17) is 5.73 Å². The predicted octanol–water partition coefficient (Wildman–Crippen LogP) is 0.344. The molecular formula is C8H16N2O. The topological polar surface area (TPSA) is 46.3 Å². The van der Waals surface area contributed by atoms with Crippen LogP contribution in [0.4, 0.5) is 0 Å². The number of carbonyl (C=O) groups is 1. The molecule has 0 aromatic carbocycles. The van der Waals surface area contributed by atoms with Gasteiger partial charge in [0, 0.05) is 12.1 Å². The van der Waals surface area contributed by atoms with E-state index in [1.54, 1.807) is 0 Å². The zero-order valence-electron chi connectivity index (χ0n) is 7.42. The van der Waals surface area contributed by atoms with Gasteiger partial charge in [-0.1, -0.05) is 6.92 Å². The van der Waals surface area contributed by atoms with Gasteiger partial charge in [-0.3, -0.25) is 4.79 Å². The highest BCUT2D eigenvalue weighted by Crippen LogP contribution is 2.24. The fourth-order valence-electron chi connectivity index (χ4n) is 1.19. The van der Waals surface area contributed by atoms with E-state index in [0.717, 1.165) is 13.0 Å². The molecule has 1 unspecified atom stereocenters. The molecule has 0 aromatic rings. The van der Waals surface area contributed by atoms with Crippen molar-refractivity contribution < 1.29 is 4.79 Å². The normalized spacial score (nSPS) is 25.3. The summed E-state index contributed by atoms with van der Waals surface area (Å²) < 4.78 is 0. The van der Waals surface area contributed by atoms with Crippen molar-refractivity contribution in [2.24, 2.45) is 5.73 Å². The average Bonchev–Trinajstić information content (AvgIpc) is 1.99. The van der Waals surface area contributed by atoms with Crippen molar-refractivity contribution in [3.05, 3.63) is 0 Å². The van der Waals surface area contributed by atoms with E-state index in [1.165, 1.54) is 0 Å². The fourth-order valence-corrected chi connectivity index (χ4v) is 1.19. The summed E-state index contributed by atoms with van der Waals surface area (Å²) in [5.41, 5.74) is 5.47. The molecule has 1 aliphatic rings. The Hall–Kier alpha value is -0.570. The van der Waals surface area contributed by atoms with Gasteiger partial charge in [0.05, 0.1) is 0 Å². The Morgan fingerprint density at radius 3 is 2.55 bits per heavy atom. The Kier molecular flexibility index (Phi) is 1.92. The second-order valence-corrected chi connectivity index (χ2v) is 3.72. The molecule has 1 aliphatic heterocycles. The highest BCUT2D eigenvalue weighted by Gasteiger charge is 2.41. The number of amides is 1. The molecular weight excluding hydrogens is 140 g/mol. The number of nitrogens with two attached hydrogens (primary N) is 1. The van der Waals surface area contributed by atoms with E-state index < -0.39 is 0 Å². The molecule has 1 rings (SSSR count). The standard InChI is InChI=1S/C8H16N2O/c1-4-8(2,3)10-5-6(9)7(10)11/h6H,4-5,9H2,1-3H3. The fraction of sp³-hybridized carbons (Fsp3) is 0.875. The molecule has 0 bridgehead atoms. The molecule has 3 heteroatoms. The van der Waals surface area contributed by atoms with Gasteiger partial charge in [0.15, 0.2) is 0 Å². The summed E-state index contributed by atoms with van der Waals surface area (Å²) in [5.74, 6) is 0.0943. The van der Waals surface area contributed by atoms with Gasteiger partial charge in [-0.2, -0.15) is 0 Å². The van der Waals surface area contributed by atoms with Gasteiger partial charge in [0.25, 0.3) is 0 Å². The lowest BCUT2D eigenvalue weighted by Gasteiger charge is -2.47. The van der Waals surface area contributed by atoms with E-state index in [2.05, 4.69) is 20.8 Å². The number of β-lactam (4-membered cyclic amide) rings is 1. The quantitative estimate of drug-likeness (QED) is 0.586. The van der Waals surface area contributed by atoms with Crippen LogP contribution >= 0.6 is 0 Å². The molecule has 0 saturated carbocycles. The lowest BCUT2D eigenvalue weighted by atomic mass is 9.93. The number of carbonyl (C=O) groups excluding carboxylic acids is 1. The Labute approximate surface area is 67.5 Å². The Morgan fingerprint density at radius 1 is 1.73 bits per heavy atom. The SMILES string of the molecule is CCC(C)(C)N1CC(N)C1=O. The highest BCUT2D eigenvalue weighted by atomic mass is 16.2. The van der Waals surface area contributed by atoms with E-state index in [1.807, 2.05) is 4.90 Å². The molecule has 1 amide bonds. The van der Waals surface area contributed by atoms with Gasteiger partial charge in [-0.15, -0.1) is 0 Å². The molecule has 0 radical (unpaired) electrons. The maximum atomic E-state index is 11.2. The van der Waals surface area contributed by atoms with Crippen LogP contribution in [-0.2, 0) is 4.79 Å². The number of hydrogen-bond donors (Lipinski definition) is 1. The molecule has 0 aromatic heterocycles. The van der Waals surface area contributed by atoms with Crippen molar-refractivity contribution in [1.82, 2.24) is 4.90 Å². The first-order valence-corrected chi connectivity index (χ1v) is 4.06. The summed E-state index contributed by atoms with van der Waals surface area (Å²) in [5, 5.41) is 0. The molecule has 11 heavy (non-hydrogen) atoms. The molecule has 1 fully saturated rings. The first-order valence-electron chi connectivity index (χ1n) is 4.06. The van der Waals surface area contributed by atoms with Crippen LogP contribution in [0.3, 0.4) is 0 Å². The Balaban J connectivity index is 2.58. The van der Waals surface area contributed by atoms with Gasteiger partial charge in [0.2, 0.25) is 5.91 Å². The third kappa shape index (κ3) is 1.25. The third-order valence-electron chi connectivity index (χ3n) is 2.56. The zero-order chi connectivity index (χ0) is 8.65. The smallest absolute Gasteiger partial charge is 0.241 e. The minimum Gasteiger partial charge on any atom is -0.334 e. The van der Waals surface area contributed by atoms with Crippen LogP contribution in [0.2, 0.25) is 0 Å². The predicted molar refractivity (Wildman–Crippen MR) is 44.1 cm³/mol. The number of rotatable bonds is 2. The summed E-state index contributed by atoms with van der Waals surface area (Å²) in [6, 6.07) is -0.235. The summed E-state index contributed by atoms with van der Waals surface area (Å²) in [6.45, 7) is 6.93. The van der Waals surface area contributed by atoms with Crippen LogP contribution in [0.15, 0.2) is 0 Å². The van der Waals surface area contributed by atoms with E-state index in [0.29, 0.717) is 0 Å². The van der Waals surface area contributed by atoms with Crippen LogP contribution in [-0.4, -0.2) is 28.9 Å². The average molecular weight is 156 g/mol. The van der Waals surface area contributed by atoms with Crippen molar-refractivity contribution in [2.75, 3.05) is 6.54 Å². The number of likely N-dealkylation sites (tertiary alicyclic amines) is 1. The Bertz CT molecular complexity index is 177. The van der Waals surface area contributed by atoms with Crippen LogP contribution in [0.5, 0.6) is 0 Å². The molecule has 1 atom stereocenters. The van der Waals surface area contributed by atoms with Gasteiger partial charge in [-0.05, 0) is 20.3 Å². The second-order valence-electron chi connectivity index (χ2n) is 3.72. The first kappa shape index (κ1) is 8.53. The maximum absolute atomic E-state index is 11.2. The van der Waals surface area contributed by atoms with Gasteiger partial charge in [-0.25, -0.2) is 0 Å². The van der Waals surface area contributed by atoms with Crippen molar-refractivity contribution in [3.63, 3.8) is 0 Å². The third-order valence-corrected chi connectivity index (χ3v) is 2.56. The molecule has 2 N–H and O–H groups in total. The second kappa shape index (κ2) is 2.48. The summed E-state index contributed by atoms with van der Waals surface area (Å²) in [4.78, 5) is 13.0. The highest BCUT2D eigenvalue weighted by molar-refractivity contribution is 5.88. The molecule has 1 saturated heterocycles. The minimum absolute atomic E-state index is 0.00699. The van der Waals surface area contributed by atoms with E-state index in [-0.39, 0.29) is 17.5 Å². The first-order chi connectivity index (χ1) is 4.99. The molecule has 0 aliphatic carbocycles. The summed E-state index contributed by atoms with van der Waals surface area (Å²) >= 11 is 0. The summed E-state index contributed by atoms with van der Waals surface area (Å²) in [6.07, 6.45) is 0.978. The van der Waals surface area contributed by atoms with Crippen LogP contribution in [0.25, 0.3) is 0 Å². The largest absolute Gasteiger partial charge is 0.334 e. The van der Waals surface area contributed by atoms with Crippen molar-refractivity contribution in [1.29, 1.82) is 0 Å². The van der Waals surface area contributed by atoms with Crippen LogP contribution < -0.4 is 5.73 Å². The van der Waals surface area contributed by atoms with Crippen molar-refractivity contribution in [3.8, 4) is 0 Å². The molecule has 0 spiro atoms. The van der Waals surface area contributed by atoms with E-state index >= 15 is 0 Å². The van der Waals surface area contributed by atoms with Crippen molar-refractivity contribution >= 4 is 5.91 Å². The number of nitrogens with zero attached hydrogens (tertiary/aromatic N) is 1. The van der Waals surface area contributed by atoms with E-state index in [9.17, 15) is 4.79 Å². The lowest BCUT2D eigenvalue weighted by Crippen LogP contribution is -2.67.